The highest BCUT2D eigenvalue weighted by Gasteiger charge is 2.41. The van der Waals surface area contributed by atoms with Gasteiger partial charge in [0.25, 0.3) is 0 Å². The van der Waals surface area contributed by atoms with Gasteiger partial charge in [-0.05, 0) is 24.5 Å². The lowest BCUT2D eigenvalue weighted by molar-refractivity contribution is -0.00160. The predicted molar refractivity (Wildman–Crippen MR) is 81.9 cm³/mol. The number of aromatic nitrogens is 1. The van der Waals surface area contributed by atoms with E-state index in [1.807, 2.05) is 26.0 Å². The molecule has 1 unspecified atom stereocenters. The summed E-state index contributed by atoms with van der Waals surface area (Å²) >= 11 is 0. The van der Waals surface area contributed by atoms with Crippen LogP contribution in [0.5, 0.6) is 0 Å². The van der Waals surface area contributed by atoms with Gasteiger partial charge in [0.05, 0.1) is 18.3 Å². The van der Waals surface area contributed by atoms with Crippen molar-refractivity contribution in [3.05, 3.63) is 29.6 Å². The van der Waals surface area contributed by atoms with Crippen molar-refractivity contribution in [2.75, 3.05) is 19.7 Å². The van der Waals surface area contributed by atoms with E-state index >= 15 is 0 Å². The predicted octanol–water partition coefficient (Wildman–Crippen LogP) is 2.11. The molecule has 1 aliphatic rings. The van der Waals surface area contributed by atoms with Crippen molar-refractivity contribution in [3.8, 4) is 0 Å². The largest absolute Gasteiger partial charge is 0.396 e. The molecule has 0 aliphatic carbocycles. The van der Waals surface area contributed by atoms with E-state index in [4.69, 9.17) is 0 Å². The number of aliphatic hydroxyl groups excluding tert-OH is 1. The molecule has 0 bridgehead atoms. The number of hydrogen-bond donors (Lipinski definition) is 2. The zero-order valence-electron chi connectivity index (χ0n) is 13.3. The first-order valence-electron chi connectivity index (χ1n) is 7.44. The highest BCUT2D eigenvalue weighted by atomic mass is 16.3. The lowest BCUT2D eigenvalue weighted by atomic mass is 9.83. The van der Waals surface area contributed by atoms with E-state index in [0.29, 0.717) is 13.1 Å². The van der Waals surface area contributed by atoms with Crippen LogP contribution >= 0.6 is 0 Å². The van der Waals surface area contributed by atoms with Gasteiger partial charge in [0.1, 0.15) is 0 Å². The van der Waals surface area contributed by atoms with Gasteiger partial charge >= 0.3 is 6.03 Å². The van der Waals surface area contributed by atoms with Gasteiger partial charge in [-0.25, -0.2) is 4.79 Å². The average Bonchev–Trinajstić information content (AvgIpc) is 2.41. The summed E-state index contributed by atoms with van der Waals surface area (Å²) in [7, 11) is 0. The van der Waals surface area contributed by atoms with Gasteiger partial charge in [-0.2, -0.15) is 0 Å². The Kier molecular flexibility index (Phi) is 4.52. The third-order valence-corrected chi connectivity index (χ3v) is 4.10. The Balaban J connectivity index is 2.05. The van der Waals surface area contributed by atoms with Gasteiger partial charge in [0, 0.05) is 24.7 Å². The topological polar surface area (TPSA) is 65.5 Å². The van der Waals surface area contributed by atoms with Crippen molar-refractivity contribution in [1.29, 1.82) is 0 Å². The number of carbonyl (C=O) groups is 1. The van der Waals surface area contributed by atoms with Gasteiger partial charge in [-0.1, -0.05) is 26.8 Å². The van der Waals surface area contributed by atoms with E-state index in [1.165, 1.54) is 0 Å². The molecule has 0 aromatic carbocycles. The summed E-state index contributed by atoms with van der Waals surface area (Å²) < 4.78 is 0. The van der Waals surface area contributed by atoms with Crippen molar-refractivity contribution in [2.24, 2.45) is 11.3 Å². The van der Waals surface area contributed by atoms with Gasteiger partial charge in [0.2, 0.25) is 0 Å². The van der Waals surface area contributed by atoms with Crippen molar-refractivity contribution in [1.82, 2.24) is 15.2 Å². The molecule has 1 aromatic rings. The molecule has 0 saturated carbocycles. The fourth-order valence-electron chi connectivity index (χ4n) is 2.72. The number of aliphatic hydroxyl groups is 1. The summed E-state index contributed by atoms with van der Waals surface area (Å²) in [5.41, 5.74) is 1.86. The lowest BCUT2D eigenvalue weighted by Crippen LogP contribution is -2.61. The minimum absolute atomic E-state index is 0.0790. The van der Waals surface area contributed by atoms with Crippen LogP contribution in [0.15, 0.2) is 18.3 Å². The van der Waals surface area contributed by atoms with Gasteiger partial charge in [-0.15, -0.1) is 0 Å². The summed E-state index contributed by atoms with van der Waals surface area (Å²) in [6.45, 7) is 9.46. The summed E-state index contributed by atoms with van der Waals surface area (Å²) in [6.07, 6.45) is 1.76. The molecule has 5 nitrogen and oxygen atoms in total. The Morgan fingerprint density at radius 1 is 1.52 bits per heavy atom. The van der Waals surface area contributed by atoms with Gasteiger partial charge < -0.3 is 15.3 Å². The second-order valence-corrected chi connectivity index (χ2v) is 6.70. The van der Waals surface area contributed by atoms with E-state index in [0.717, 1.165) is 11.3 Å². The Morgan fingerprint density at radius 2 is 2.19 bits per heavy atom. The normalized spacial score (nSPS) is 18.3. The maximum atomic E-state index is 12.3. The van der Waals surface area contributed by atoms with Crippen molar-refractivity contribution >= 4 is 6.03 Å². The van der Waals surface area contributed by atoms with E-state index in [9.17, 15) is 9.90 Å². The monoisotopic (exact) mass is 291 g/mol. The molecule has 0 radical (unpaired) electrons. The van der Waals surface area contributed by atoms with Crippen LogP contribution in [0.25, 0.3) is 0 Å². The minimum Gasteiger partial charge on any atom is -0.396 e. The number of urea groups is 1. The van der Waals surface area contributed by atoms with Crippen molar-refractivity contribution in [3.63, 3.8) is 0 Å². The fourth-order valence-corrected chi connectivity index (χ4v) is 2.72. The lowest BCUT2D eigenvalue weighted by Gasteiger charge is -2.47. The highest BCUT2D eigenvalue weighted by molar-refractivity contribution is 5.75. The molecule has 2 N–H and O–H groups in total. The molecule has 1 atom stereocenters. The third-order valence-electron chi connectivity index (χ3n) is 4.10. The number of carbonyl (C=O) groups excluding carboxylic acids is 1. The van der Waals surface area contributed by atoms with Crippen molar-refractivity contribution < 1.29 is 9.90 Å². The molecule has 2 amide bonds. The number of nitrogens with zero attached hydrogens (tertiary/aromatic N) is 2. The van der Waals surface area contributed by atoms with Crippen molar-refractivity contribution in [2.45, 2.75) is 33.7 Å². The second-order valence-electron chi connectivity index (χ2n) is 6.70. The smallest absolute Gasteiger partial charge is 0.317 e. The second kappa shape index (κ2) is 6.02. The van der Waals surface area contributed by atoms with Crippen LogP contribution in [0.4, 0.5) is 4.79 Å². The first-order valence-corrected chi connectivity index (χ1v) is 7.44. The summed E-state index contributed by atoms with van der Waals surface area (Å²) in [6, 6.07) is 3.74. The molecule has 116 valence electrons. The van der Waals surface area contributed by atoms with Crippen LogP contribution in [0.1, 0.15) is 38.1 Å². The molecule has 1 aromatic heterocycles. The number of rotatable bonds is 4. The van der Waals surface area contributed by atoms with Gasteiger partial charge in [0.15, 0.2) is 0 Å². The average molecular weight is 291 g/mol. The fraction of sp³-hybridized carbons (Fsp3) is 0.625. The molecule has 1 aliphatic heterocycles. The number of aryl methyl sites for hydroxylation is 1. The number of nitrogens with one attached hydrogen (secondary N) is 1. The molecule has 2 heterocycles. The minimum atomic E-state index is -0.147. The van der Waals surface area contributed by atoms with Crippen LogP contribution < -0.4 is 5.32 Å². The molecule has 2 rings (SSSR count). The highest BCUT2D eigenvalue weighted by Crippen LogP contribution is 2.30. The van der Waals surface area contributed by atoms with E-state index < -0.39 is 0 Å². The van der Waals surface area contributed by atoms with Crippen LogP contribution in [-0.4, -0.2) is 40.7 Å². The van der Waals surface area contributed by atoms with Crippen LogP contribution in [0, 0.1) is 18.3 Å². The summed E-state index contributed by atoms with van der Waals surface area (Å²) in [4.78, 5) is 18.5. The molecule has 1 fully saturated rings. The standard InChI is InChI=1S/C16H25N3O2/c1-11(2)13(14-12(3)6-5-7-17-14)18-15(21)19-8-16(4,9-19)10-20/h5-7,11,13,20H,8-10H2,1-4H3,(H,18,21). The van der Waals surface area contributed by atoms with Crippen LogP contribution in [0.2, 0.25) is 0 Å². The maximum absolute atomic E-state index is 12.3. The number of likely N-dealkylation sites (tertiary alicyclic amines) is 1. The molecule has 5 heteroatoms. The zero-order valence-corrected chi connectivity index (χ0v) is 13.3. The summed E-state index contributed by atoms with van der Waals surface area (Å²) in [5.74, 6) is 0.257. The molecule has 21 heavy (non-hydrogen) atoms. The molecule has 0 spiro atoms. The number of hydrogen-bond acceptors (Lipinski definition) is 3. The molecular formula is C16H25N3O2. The van der Waals surface area contributed by atoms with Gasteiger partial charge in [-0.3, -0.25) is 4.98 Å². The van der Waals surface area contributed by atoms with E-state index in [-0.39, 0.29) is 30.0 Å². The first-order chi connectivity index (χ1) is 9.86. The van der Waals surface area contributed by atoms with Crippen LogP contribution in [0.3, 0.4) is 0 Å². The molecule has 1 saturated heterocycles. The Hall–Kier alpha value is -1.62. The maximum Gasteiger partial charge on any atom is 0.317 e. The first kappa shape index (κ1) is 15.8. The Bertz CT molecular complexity index is 510. The van der Waals surface area contributed by atoms with E-state index in [2.05, 4.69) is 24.1 Å². The Morgan fingerprint density at radius 3 is 2.71 bits per heavy atom. The molecular weight excluding hydrogens is 266 g/mol. The Labute approximate surface area is 126 Å². The number of pyridine rings is 1. The SMILES string of the molecule is Cc1cccnc1C(NC(=O)N1CC(C)(CO)C1)C(C)C. The zero-order chi connectivity index (χ0) is 15.6. The van der Waals surface area contributed by atoms with Crippen LogP contribution in [-0.2, 0) is 0 Å². The third kappa shape index (κ3) is 3.35. The van der Waals surface area contributed by atoms with E-state index in [1.54, 1.807) is 11.1 Å². The number of amides is 2. The quantitative estimate of drug-likeness (QED) is 0.893. The summed E-state index contributed by atoms with van der Waals surface area (Å²) in [5, 5.41) is 12.3.